The molecule has 0 bridgehead atoms. The van der Waals surface area contributed by atoms with E-state index in [-0.39, 0.29) is 24.0 Å². The van der Waals surface area contributed by atoms with E-state index in [4.69, 9.17) is 6.42 Å². The van der Waals surface area contributed by atoms with Gasteiger partial charge < -0.3 is 10.6 Å². The molecule has 0 fully saturated rings. The van der Waals surface area contributed by atoms with Crippen molar-refractivity contribution in [2.24, 2.45) is 4.99 Å². The van der Waals surface area contributed by atoms with E-state index >= 15 is 0 Å². The lowest BCUT2D eigenvalue weighted by molar-refractivity contribution is 0.851. The van der Waals surface area contributed by atoms with Crippen LogP contribution in [0.15, 0.2) is 29.3 Å². The lowest BCUT2D eigenvalue weighted by Crippen LogP contribution is -2.36. The molecular weight excluding hydrogens is 325 g/mol. The van der Waals surface area contributed by atoms with E-state index in [1.165, 1.54) is 11.1 Å². The highest BCUT2D eigenvalue weighted by atomic mass is 127. The lowest BCUT2D eigenvalue weighted by Gasteiger charge is -2.09. The second-order valence-electron chi connectivity index (χ2n) is 3.47. The molecule has 0 saturated carbocycles. The minimum absolute atomic E-state index is 0. The van der Waals surface area contributed by atoms with Gasteiger partial charge in [0.25, 0.3) is 0 Å². The summed E-state index contributed by atoms with van der Waals surface area (Å²) in [4.78, 5) is 4.06. The fraction of sp³-hybridized carbons (Fsp3) is 0.308. The SMILES string of the molecule is C#CCNC(=NC)NCc1ccc(C)cc1.I. The Morgan fingerprint density at radius 1 is 1.29 bits per heavy atom. The molecular formula is C13H18IN3. The van der Waals surface area contributed by atoms with E-state index in [0.29, 0.717) is 6.54 Å². The first-order valence-corrected chi connectivity index (χ1v) is 5.20. The normalized spacial score (nSPS) is 10.1. The van der Waals surface area contributed by atoms with Crippen molar-refractivity contribution >= 4 is 29.9 Å². The fourth-order valence-corrected chi connectivity index (χ4v) is 1.25. The number of terminal acetylenes is 1. The third-order valence-corrected chi connectivity index (χ3v) is 2.16. The second-order valence-corrected chi connectivity index (χ2v) is 3.47. The number of nitrogens with zero attached hydrogens (tertiary/aromatic N) is 1. The molecule has 1 aromatic carbocycles. The molecule has 1 rings (SSSR count). The first-order chi connectivity index (χ1) is 7.76. The first kappa shape index (κ1) is 15.8. The van der Waals surface area contributed by atoms with Gasteiger partial charge in [-0.3, -0.25) is 4.99 Å². The Hall–Kier alpha value is -1.22. The molecule has 2 N–H and O–H groups in total. The summed E-state index contributed by atoms with van der Waals surface area (Å²) >= 11 is 0. The Balaban J connectivity index is 0.00000256. The minimum atomic E-state index is 0. The van der Waals surface area contributed by atoms with Crippen LogP contribution in [0.5, 0.6) is 0 Å². The predicted molar refractivity (Wildman–Crippen MR) is 83.6 cm³/mol. The maximum atomic E-state index is 5.16. The monoisotopic (exact) mass is 343 g/mol. The molecule has 0 atom stereocenters. The summed E-state index contributed by atoms with van der Waals surface area (Å²) in [5.41, 5.74) is 2.48. The molecule has 0 aliphatic heterocycles. The van der Waals surface area contributed by atoms with Gasteiger partial charge in [-0.05, 0) is 12.5 Å². The highest BCUT2D eigenvalue weighted by molar-refractivity contribution is 14.0. The number of halogens is 1. The maximum absolute atomic E-state index is 5.16. The van der Waals surface area contributed by atoms with Crippen LogP contribution < -0.4 is 10.6 Å². The number of hydrogen-bond donors (Lipinski definition) is 2. The van der Waals surface area contributed by atoms with E-state index in [9.17, 15) is 0 Å². The molecule has 0 spiro atoms. The standard InChI is InChI=1S/C13H17N3.HI/c1-4-9-15-13(14-3)16-10-12-7-5-11(2)6-8-12;/h1,5-8H,9-10H2,2-3H3,(H2,14,15,16);1H. The highest BCUT2D eigenvalue weighted by Crippen LogP contribution is 2.02. The van der Waals surface area contributed by atoms with Crippen LogP contribution in [-0.4, -0.2) is 19.6 Å². The van der Waals surface area contributed by atoms with Crippen LogP contribution >= 0.6 is 24.0 Å². The number of hydrogen-bond acceptors (Lipinski definition) is 1. The van der Waals surface area contributed by atoms with Crippen LogP contribution in [-0.2, 0) is 6.54 Å². The smallest absolute Gasteiger partial charge is 0.192 e. The average Bonchev–Trinajstić information content (AvgIpc) is 2.32. The van der Waals surface area contributed by atoms with Gasteiger partial charge in [0.05, 0.1) is 6.54 Å². The van der Waals surface area contributed by atoms with Crippen LogP contribution in [0.2, 0.25) is 0 Å². The molecule has 4 heteroatoms. The zero-order valence-corrected chi connectivity index (χ0v) is 12.5. The van der Waals surface area contributed by atoms with Gasteiger partial charge in [-0.15, -0.1) is 30.4 Å². The summed E-state index contributed by atoms with van der Waals surface area (Å²) < 4.78 is 0. The molecule has 0 amide bonds. The maximum Gasteiger partial charge on any atom is 0.192 e. The van der Waals surface area contributed by atoms with Gasteiger partial charge >= 0.3 is 0 Å². The average molecular weight is 343 g/mol. The molecule has 0 aliphatic carbocycles. The summed E-state index contributed by atoms with van der Waals surface area (Å²) in [7, 11) is 1.72. The molecule has 0 radical (unpaired) electrons. The van der Waals surface area contributed by atoms with Gasteiger partial charge in [-0.1, -0.05) is 35.7 Å². The van der Waals surface area contributed by atoms with Crippen molar-refractivity contribution in [1.82, 2.24) is 10.6 Å². The largest absolute Gasteiger partial charge is 0.352 e. The topological polar surface area (TPSA) is 36.4 Å². The van der Waals surface area contributed by atoms with Gasteiger partial charge in [0.15, 0.2) is 5.96 Å². The van der Waals surface area contributed by atoms with Crippen LogP contribution in [0, 0.1) is 19.3 Å². The van der Waals surface area contributed by atoms with Crippen molar-refractivity contribution in [2.75, 3.05) is 13.6 Å². The number of rotatable bonds is 3. The molecule has 1 aromatic rings. The molecule has 0 heterocycles. The molecule has 0 aliphatic rings. The minimum Gasteiger partial charge on any atom is -0.352 e. The van der Waals surface area contributed by atoms with Crippen LogP contribution in [0.4, 0.5) is 0 Å². The van der Waals surface area contributed by atoms with Crippen molar-refractivity contribution in [2.45, 2.75) is 13.5 Å². The van der Waals surface area contributed by atoms with Gasteiger partial charge in [-0.2, -0.15) is 0 Å². The zero-order valence-electron chi connectivity index (χ0n) is 10.2. The third kappa shape index (κ3) is 6.17. The van der Waals surface area contributed by atoms with Crippen molar-refractivity contribution in [3.05, 3.63) is 35.4 Å². The summed E-state index contributed by atoms with van der Waals surface area (Å²) in [5, 5.41) is 6.19. The number of guanidine groups is 1. The van der Waals surface area contributed by atoms with Crippen LogP contribution in [0.25, 0.3) is 0 Å². The van der Waals surface area contributed by atoms with Crippen LogP contribution in [0.3, 0.4) is 0 Å². The number of aryl methyl sites for hydroxylation is 1. The van der Waals surface area contributed by atoms with Crippen molar-refractivity contribution in [3.8, 4) is 12.3 Å². The molecule has 3 nitrogen and oxygen atoms in total. The number of benzene rings is 1. The van der Waals surface area contributed by atoms with E-state index in [1.54, 1.807) is 7.05 Å². The van der Waals surface area contributed by atoms with Gasteiger partial charge in [0, 0.05) is 13.6 Å². The summed E-state index contributed by atoms with van der Waals surface area (Å²) in [6.45, 7) is 3.29. The Labute approximate surface area is 120 Å². The second kappa shape index (κ2) is 8.88. The Kier molecular flexibility index (Phi) is 8.24. The van der Waals surface area contributed by atoms with Crippen molar-refractivity contribution in [1.29, 1.82) is 0 Å². The van der Waals surface area contributed by atoms with E-state index in [0.717, 1.165) is 12.5 Å². The Bertz CT molecular complexity index is 390. The summed E-state index contributed by atoms with van der Waals surface area (Å²) in [6, 6.07) is 8.37. The Morgan fingerprint density at radius 3 is 2.47 bits per heavy atom. The summed E-state index contributed by atoms with van der Waals surface area (Å²) in [6.07, 6.45) is 5.16. The molecule has 92 valence electrons. The highest BCUT2D eigenvalue weighted by Gasteiger charge is 1.96. The van der Waals surface area contributed by atoms with E-state index in [1.807, 2.05) is 0 Å². The van der Waals surface area contributed by atoms with Gasteiger partial charge in [-0.25, -0.2) is 0 Å². The third-order valence-electron chi connectivity index (χ3n) is 2.16. The number of aliphatic imine (C=N–C) groups is 1. The fourth-order valence-electron chi connectivity index (χ4n) is 1.25. The quantitative estimate of drug-likeness (QED) is 0.381. The molecule has 0 unspecified atom stereocenters. The van der Waals surface area contributed by atoms with Crippen molar-refractivity contribution < 1.29 is 0 Å². The van der Waals surface area contributed by atoms with E-state index < -0.39 is 0 Å². The summed E-state index contributed by atoms with van der Waals surface area (Å²) in [5.74, 6) is 3.23. The lowest BCUT2D eigenvalue weighted by atomic mass is 10.1. The van der Waals surface area contributed by atoms with Crippen LogP contribution in [0.1, 0.15) is 11.1 Å². The van der Waals surface area contributed by atoms with Crippen molar-refractivity contribution in [3.63, 3.8) is 0 Å². The first-order valence-electron chi connectivity index (χ1n) is 5.20. The zero-order chi connectivity index (χ0) is 11.8. The predicted octanol–water partition coefficient (Wildman–Crippen LogP) is 1.91. The number of nitrogens with one attached hydrogen (secondary N) is 2. The molecule has 17 heavy (non-hydrogen) atoms. The van der Waals surface area contributed by atoms with Gasteiger partial charge in [0.1, 0.15) is 0 Å². The van der Waals surface area contributed by atoms with Gasteiger partial charge in [0.2, 0.25) is 0 Å². The molecule has 0 saturated heterocycles. The molecule has 0 aromatic heterocycles. The Morgan fingerprint density at radius 2 is 1.94 bits per heavy atom. The van der Waals surface area contributed by atoms with E-state index in [2.05, 4.69) is 52.7 Å².